The molecule has 0 aromatic carbocycles. The molecule has 8 nitrogen and oxygen atoms in total. The summed E-state index contributed by atoms with van der Waals surface area (Å²) in [5.41, 5.74) is 7.91. The highest BCUT2D eigenvalue weighted by atomic mass is 35.5. The maximum atomic E-state index is 11.7. The first-order chi connectivity index (χ1) is 11.9. The summed E-state index contributed by atoms with van der Waals surface area (Å²) in [4.78, 5) is 25.5. The van der Waals surface area contributed by atoms with Gasteiger partial charge in [-0.25, -0.2) is 9.97 Å². The van der Waals surface area contributed by atoms with Gasteiger partial charge in [-0.15, -0.1) is 0 Å². The summed E-state index contributed by atoms with van der Waals surface area (Å²) in [7, 11) is 0. The van der Waals surface area contributed by atoms with E-state index in [1.54, 1.807) is 12.3 Å². The van der Waals surface area contributed by atoms with Crippen molar-refractivity contribution in [3.63, 3.8) is 0 Å². The second kappa shape index (κ2) is 5.82. The number of fused-ring (bicyclic) bond motifs is 1. The molecule has 0 aliphatic carbocycles. The number of nitrogens with zero attached hydrogens (tertiary/aromatic N) is 4. The summed E-state index contributed by atoms with van der Waals surface area (Å²) in [6.45, 7) is 3.75. The van der Waals surface area contributed by atoms with Crippen molar-refractivity contribution < 1.29 is 0 Å². The summed E-state index contributed by atoms with van der Waals surface area (Å²) in [6, 6.07) is 1.71. The van der Waals surface area contributed by atoms with Gasteiger partial charge in [-0.2, -0.15) is 5.10 Å². The average Bonchev–Trinajstić information content (AvgIpc) is 3.00. The summed E-state index contributed by atoms with van der Waals surface area (Å²) < 4.78 is 0. The third-order valence-electron chi connectivity index (χ3n) is 4.65. The lowest BCUT2D eigenvalue weighted by Crippen LogP contribution is -2.48. The minimum absolute atomic E-state index is 0.0946. The summed E-state index contributed by atoms with van der Waals surface area (Å²) >= 11 is 6.11. The first kappa shape index (κ1) is 16.0. The van der Waals surface area contributed by atoms with Gasteiger partial charge in [0, 0.05) is 30.4 Å². The average molecular weight is 360 g/mol. The largest absolute Gasteiger partial charge is 0.355 e. The molecule has 1 fully saturated rings. The highest BCUT2D eigenvalue weighted by molar-refractivity contribution is 6.33. The van der Waals surface area contributed by atoms with Gasteiger partial charge >= 0.3 is 0 Å². The molecular formula is C16H18ClN7O. The molecule has 3 aromatic rings. The van der Waals surface area contributed by atoms with E-state index in [0.717, 1.165) is 31.7 Å². The van der Waals surface area contributed by atoms with Crippen LogP contribution >= 0.6 is 11.6 Å². The number of rotatable bonds is 2. The number of nitrogens with one attached hydrogen (secondary N) is 2. The molecule has 1 aliphatic rings. The van der Waals surface area contributed by atoms with Gasteiger partial charge in [0.25, 0.3) is 5.56 Å². The second-order valence-corrected chi connectivity index (χ2v) is 7.05. The number of hydrogen-bond acceptors (Lipinski definition) is 6. The van der Waals surface area contributed by atoms with E-state index < -0.39 is 0 Å². The van der Waals surface area contributed by atoms with Crippen LogP contribution in [0.1, 0.15) is 19.8 Å². The van der Waals surface area contributed by atoms with Crippen LogP contribution in [-0.4, -0.2) is 43.8 Å². The van der Waals surface area contributed by atoms with E-state index in [-0.39, 0.29) is 16.1 Å². The van der Waals surface area contributed by atoms with Crippen molar-refractivity contribution in [3.8, 4) is 11.3 Å². The number of aromatic nitrogens is 5. The Bertz CT molecular complexity index is 984. The van der Waals surface area contributed by atoms with Crippen molar-refractivity contribution in [2.24, 2.45) is 5.73 Å². The highest BCUT2D eigenvalue weighted by Crippen LogP contribution is 2.29. The Kier molecular flexibility index (Phi) is 3.73. The fourth-order valence-electron chi connectivity index (χ4n) is 3.03. The third-order valence-corrected chi connectivity index (χ3v) is 5.03. The zero-order chi connectivity index (χ0) is 17.6. The summed E-state index contributed by atoms with van der Waals surface area (Å²) in [6.07, 6.45) is 5.07. The van der Waals surface area contributed by atoms with Gasteiger partial charge in [0.05, 0.1) is 11.9 Å². The van der Waals surface area contributed by atoms with Gasteiger partial charge in [0.2, 0.25) is 5.65 Å². The number of anilines is 1. The van der Waals surface area contributed by atoms with E-state index in [1.807, 2.05) is 0 Å². The Morgan fingerprint density at radius 2 is 2.12 bits per heavy atom. The standard InChI is InChI=1S/C16H18ClN7O/c1-16(18)3-6-24(7-4-16)10-8-20-13-12(22-23-14(13)21-10)9-2-5-19-15(25)11(9)17/h2,5,8H,3-4,6-7,18H2,1H3,(H,19,25)(H,21,22,23). The molecule has 1 aliphatic heterocycles. The first-order valence-corrected chi connectivity index (χ1v) is 8.45. The fraction of sp³-hybridized carbons (Fsp3) is 0.375. The summed E-state index contributed by atoms with van der Waals surface area (Å²) in [5.74, 6) is 0.776. The van der Waals surface area contributed by atoms with E-state index in [2.05, 4.69) is 37.0 Å². The number of nitrogens with two attached hydrogens (primary N) is 1. The SMILES string of the molecule is CC1(N)CCN(c2cnc3c(-c4cc[nH]c(=O)c4Cl)[nH]nc3n2)CC1. The zero-order valence-electron chi connectivity index (χ0n) is 13.7. The summed E-state index contributed by atoms with van der Waals surface area (Å²) in [5, 5.41) is 7.21. The predicted molar refractivity (Wildman–Crippen MR) is 96.8 cm³/mol. The van der Waals surface area contributed by atoms with Crippen LogP contribution in [0, 0.1) is 0 Å². The van der Waals surface area contributed by atoms with Crippen LogP contribution in [-0.2, 0) is 0 Å². The molecule has 1 saturated heterocycles. The van der Waals surface area contributed by atoms with Gasteiger partial charge < -0.3 is 15.6 Å². The van der Waals surface area contributed by atoms with Crippen molar-refractivity contribution in [1.29, 1.82) is 0 Å². The smallest absolute Gasteiger partial charge is 0.267 e. The third kappa shape index (κ3) is 2.87. The Balaban J connectivity index is 1.70. The zero-order valence-corrected chi connectivity index (χ0v) is 14.5. The van der Waals surface area contributed by atoms with Crippen LogP contribution in [0.5, 0.6) is 0 Å². The molecule has 0 unspecified atom stereocenters. The van der Waals surface area contributed by atoms with Crippen molar-refractivity contribution in [1.82, 2.24) is 25.1 Å². The normalized spacial score (nSPS) is 17.2. The number of pyridine rings is 1. The van der Waals surface area contributed by atoms with Crippen LogP contribution in [0.4, 0.5) is 5.82 Å². The van der Waals surface area contributed by atoms with E-state index in [4.69, 9.17) is 17.3 Å². The lowest BCUT2D eigenvalue weighted by Gasteiger charge is -2.37. The Morgan fingerprint density at radius 1 is 1.36 bits per heavy atom. The molecule has 3 aromatic heterocycles. The van der Waals surface area contributed by atoms with E-state index in [0.29, 0.717) is 22.4 Å². The Labute approximate surface area is 148 Å². The molecule has 25 heavy (non-hydrogen) atoms. The molecule has 0 saturated carbocycles. The monoisotopic (exact) mass is 359 g/mol. The molecular weight excluding hydrogens is 342 g/mol. The Hall–Kier alpha value is -2.45. The number of piperidine rings is 1. The minimum atomic E-state index is -0.357. The molecule has 4 rings (SSSR count). The van der Waals surface area contributed by atoms with E-state index in [9.17, 15) is 4.79 Å². The predicted octanol–water partition coefficient (Wildman–Crippen LogP) is 1.68. The van der Waals surface area contributed by atoms with Gasteiger partial charge in [-0.3, -0.25) is 9.89 Å². The fourth-order valence-corrected chi connectivity index (χ4v) is 3.24. The first-order valence-electron chi connectivity index (χ1n) is 8.07. The Morgan fingerprint density at radius 3 is 2.88 bits per heavy atom. The van der Waals surface area contributed by atoms with Crippen molar-refractivity contribution in [3.05, 3.63) is 33.8 Å². The highest BCUT2D eigenvalue weighted by Gasteiger charge is 2.27. The second-order valence-electron chi connectivity index (χ2n) is 6.67. The van der Waals surface area contributed by atoms with E-state index in [1.165, 1.54) is 6.20 Å². The molecule has 4 N–H and O–H groups in total. The maximum absolute atomic E-state index is 11.7. The van der Waals surface area contributed by atoms with Gasteiger partial charge in [0.1, 0.15) is 16.4 Å². The number of hydrogen-bond donors (Lipinski definition) is 3. The maximum Gasteiger partial charge on any atom is 0.267 e. The van der Waals surface area contributed by atoms with Crippen LogP contribution in [0.15, 0.2) is 23.3 Å². The molecule has 0 atom stereocenters. The molecule has 9 heteroatoms. The molecule has 0 amide bonds. The molecule has 4 heterocycles. The number of halogens is 1. The number of H-pyrrole nitrogens is 2. The van der Waals surface area contributed by atoms with Crippen molar-refractivity contribution in [2.45, 2.75) is 25.3 Å². The quantitative estimate of drug-likeness (QED) is 0.641. The van der Waals surface area contributed by atoms with Gasteiger partial charge in [-0.05, 0) is 25.8 Å². The van der Waals surface area contributed by atoms with Gasteiger partial charge in [-0.1, -0.05) is 11.6 Å². The number of aromatic amines is 2. The van der Waals surface area contributed by atoms with E-state index >= 15 is 0 Å². The van der Waals surface area contributed by atoms with Gasteiger partial charge in [0.15, 0.2) is 0 Å². The van der Waals surface area contributed by atoms with Crippen LogP contribution in [0.25, 0.3) is 22.4 Å². The van der Waals surface area contributed by atoms with Crippen LogP contribution in [0.3, 0.4) is 0 Å². The lowest BCUT2D eigenvalue weighted by molar-refractivity contribution is 0.363. The molecule has 0 spiro atoms. The molecule has 0 radical (unpaired) electrons. The minimum Gasteiger partial charge on any atom is -0.355 e. The topological polar surface area (TPSA) is 117 Å². The molecule has 0 bridgehead atoms. The van der Waals surface area contributed by atoms with Crippen LogP contribution < -0.4 is 16.2 Å². The van der Waals surface area contributed by atoms with Crippen molar-refractivity contribution in [2.75, 3.05) is 18.0 Å². The molecule has 130 valence electrons. The lowest BCUT2D eigenvalue weighted by atomic mass is 9.91. The van der Waals surface area contributed by atoms with Crippen LogP contribution in [0.2, 0.25) is 5.02 Å². The van der Waals surface area contributed by atoms with Crippen molar-refractivity contribution >= 4 is 28.6 Å².